The molecule has 0 nitrogen and oxygen atoms in total. The van der Waals surface area contributed by atoms with Crippen LogP contribution in [0.4, 0.5) is 0 Å². The summed E-state index contributed by atoms with van der Waals surface area (Å²) in [5.74, 6) is 0. The third-order valence-corrected chi connectivity index (χ3v) is 7.46. The summed E-state index contributed by atoms with van der Waals surface area (Å²) >= 11 is 0. The third kappa shape index (κ3) is 3.20. The zero-order chi connectivity index (χ0) is 15.4. The van der Waals surface area contributed by atoms with Gasteiger partial charge in [-0.15, -0.1) is 0 Å². The molecule has 0 aliphatic rings. The maximum Gasteiger partial charge on any atom is 0.0843 e. The first kappa shape index (κ1) is 14.8. The van der Waals surface area contributed by atoms with Gasteiger partial charge in [-0.25, -0.2) is 0 Å². The van der Waals surface area contributed by atoms with E-state index in [1.165, 1.54) is 27.6 Å². The van der Waals surface area contributed by atoms with Crippen LogP contribution < -0.4 is 5.19 Å². The van der Waals surface area contributed by atoms with E-state index in [-0.39, 0.29) is 0 Å². The summed E-state index contributed by atoms with van der Waals surface area (Å²) in [6.07, 6.45) is 4.65. The van der Waals surface area contributed by atoms with Gasteiger partial charge in [0.2, 0.25) is 0 Å². The van der Waals surface area contributed by atoms with Crippen molar-refractivity contribution in [2.24, 2.45) is 0 Å². The van der Waals surface area contributed by atoms with Crippen molar-refractivity contribution < 1.29 is 0 Å². The predicted octanol–water partition coefficient (Wildman–Crippen LogP) is 5.47. The molecule has 0 saturated carbocycles. The van der Waals surface area contributed by atoms with Crippen molar-refractivity contribution in [1.29, 1.82) is 0 Å². The fourth-order valence-corrected chi connectivity index (χ4v) is 4.92. The lowest BCUT2D eigenvalue weighted by Crippen LogP contribution is -2.40. The lowest BCUT2D eigenvalue weighted by molar-refractivity contribution is 1.54. The summed E-state index contributed by atoms with van der Waals surface area (Å²) in [6, 6.07) is 27.2. The van der Waals surface area contributed by atoms with Gasteiger partial charge in [0, 0.05) is 0 Å². The van der Waals surface area contributed by atoms with Crippen molar-refractivity contribution in [3.8, 4) is 0 Å². The van der Waals surface area contributed by atoms with Crippen molar-refractivity contribution >= 4 is 30.1 Å². The van der Waals surface area contributed by atoms with Crippen LogP contribution in [0.25, 0.3) is 16.8 Å². The van der Waals surface area contributed by atoms with Crippen LogP contribution in [0.15, 0.2) is 78.9 Å². The van der Waals surface area contributed by atoms with Crippen molar-refractivity contribution in [3.63, 3.8) is 0 Å². The van der Waals surface area contributed by atoms with Crippen molar-refractivity contribution in [1.82, 2.24) is 0 Å². The van der Waals surface area contributed by atoms with Gasteiger partial charge in [-0.05, 0) is 22.4 Å². The Morgan fingerprint density at radius 3 is 2.27 bits per heavy atom. The quantitative estimate of drug-likeness (QED) is 0.561. The average Bonchev–Trinajstić information content (AvgIpc) is 2.56. The number of rotatable bonds is 4. The number of allylic oxidation sites excluding steroid dienone is 1. The second kappa shape index (κ2) is 6.33. The lowest BCUT2D eigenvalue weighted by Gasteiger charge is -2.21. The van der Waals surface area contributed by atoms with E-state index in [4.69, 9.17) is 0 Å². The molecule has 0 atom stereocenters. The van der Waals surface area contributed by atoms with E-state index in [9.17, 15) is 0 Å². The largest absolute Gasteiger partial charge is 0.0863 e. The van der Waals surface area contributed by atoms with Gasteiger partial charge in [0.1, 0.15) is 0 Å². The zero-order valence-electron chi connectivity index (χ0n) is 13.3. The van der Waals surface area contributed by atoms with Gasteiger partial charge < -0.3 is 0 Å². The maximum absolute atomic E-state index is 2.44. The highest BCUT2D eigenvalue weighted by molar-refractivity contribution is 6.90. The molecule has 0 aromatic heterocycles. The Bertz CT molecular complexity index is 780. The molecule has 0 saturated heterocycles. The van der Waals surface area contributed by atoms with E-state index in [1.54, 1.807) is 0 Å². The molecule has 3 aromatic rings. The summed E-state index contributed by atoms with van der Waals surface area (Å²) in [5.41, 5.74) is 1.32. The third-order valence-electron chi connectivity index (χ3n) is 4.30. The maximum atomic E-state index is 2.44. The van der Waals surface area contributed by atoms with Gasteiger partial charge >= 0.3 is 0 Å². The van der Waals surface area contributed by atoms with E-state index in [0.717, 1.165) is 0 Å². The Balaban J connectivity index is 1.82. The first-order valence-corrected chi connectivity index (χ1v) is 11.1. The molecule has 0 heterocycles. The van der Waals surface area contributed by atoms with Gasteiger partial charge in [-0.2, -0.15) is 0 Å². The summed E-state index contributed by atoms with van der Waals surface area (Å²) in [4.78, 5) is 0. The topological polar surface area (TPSA) is 0 Å². The van der Waals surface area contributed by atoms with Crippen LogP contribution in [0, 0.1) is 0 Å². The second-order valence-electron chi connectivity index (χ2n) is 6.42. The molecule has 1 heteroatoms. The Kier molecular flexibility index (Phi) is 4.26. The summed E-state index contributed by atoms with van der Waals surface area (Å²) in [7, 11) is -1.39. The van der Waals surface area contributed by atoms with Gasteiger partial charge in [-0.1, -0.05) is 103 Å². The first-order chi connectivity index (χ1) is 10.7. The van der Waals surface area contributed by atoms with Crippen LogP contribution in [0.1, 0.15) is 5.56 Å². The Morgan fingerprint density at radius 2 is 1.45 bits per heavy atom. The molecule has 0 N–H and O–H groups in total. The molecule has 0 unspecified atom stereocenters. The first-order valence-electron chi connectivity index (χ1n) is 7.87. The van der Waals surface area contributed by atoms with E-state index < -0.39 is 8.07 Å². The normalized spacial score (nSPS) is 12.1. The highest BCUT2D eigenvalue weighted by atomic mass is 28.3. The van der Waals surface area contributed by atoms with Crippen LogP contribution in [0.2, 0.25) is 19.1 Å². The Labute approximate surface area is 134 Å². The standard InChI is InChI=1S/C21H22Si/c1-22(2,20-14-4-3-5-15-20)17-9-13-19-12-8-11-18-10-6-7-16-21(18)19/h3-16H,17H2,1-2H3/b13-9+. The molecular weight excluding hydrogens is 280 g/mol. The SMILES string of the molecule is C[Si](C)(C/C=C/c1cccc2ccccc12)c1ccccc1. The Morgan fingerprint density at radius 1 is 0.773 bits per heavy atom. The summed E-state index contributed by atoms with van der Waals surface area (Å²) in [5, 5.41) is 4.17. The van der Waals surface area contributed by atoms with Crippen LogP contribution in [0.5, 0.6) is 0 Å². The molecule has 0 radical (unpaired) electrons. The molecule has 0 amide bonds. The predicted molar refractivity (Wildman–Crippen MR) is 101 cm³/mol. The fraction of sp³-hybridized carbons (Fsp3) is 0.143. The van der Waals surface area contributed by atoms with Gasteiger partial charge in [0.05, 0.1) is 8.07 Å². The van der Waals surface area contributed by atoms with Gasteiger partial charge in [0.15, 0.2) is 0 Å². The minimum Gasteiger partial charge on any atom is -0.0863 e. The zero-order valence-corrected chi connectivity index (χ0v) is 14.3. The Hall–Kier alpha value is -2.12. The molecule has 3 rings (SSSR count). The second-order valence-corrected chi connectivity index (χ2v) is 11.2. The minimum absolute atomic E-state index is 1.17. The van der Waals surface area contributed by atoms with E-state index in [2.05, 4.69) is 98.0 Å². The molecular formula is C21H22Si. The molecule has 0 aliphatic heterocycles. The number of hydrogen-bond acceptors (Lipinski definition) is 0. The van der Waals surface area contributed by atoms with Crippen LogP contribution >= 0.6 is 0 Å². The van der Waals surface area contributed by atoms with Crippen LogP contribution in [-0.2, 0) is 0 Å². The fourth-order valence-electron chi connectivity index (χ4n) is 2.88. The van der Waals surface area contributed by atoms with Gasteiger partial charge in [0.25, 0.3) is 0 Å². The van der Waals surface area contributed by atoms with Crippen molar-refractivity contribution in [2.45, 2.75) is 19.1 Å². The van der Waals surface area contributed by atoms with Crippen molar-refractivity contribution in [3.05, 3.63) is 84.4 Å². The minimum atomic E-state index is -1.39. The number of benzene rings is 3. The average molecular weight is 302 g/mol. The van der Waals surface area contributed by atoms with Crippen molar-refractivity contribution in [2.75, 3.05) is 0 Å². The number of fused-ring (bicyclic) bond motifs is 1. The molecule has 3 aromatic carbocycles. The highest BCUT2D eigenvalue weighted by Crippen LogP contribution is 2.20. The molecule has 22 heavy (non-hydrogen) atoms. The van der Waals surface area contributed by atoms with E-state index in [1.807, 2.05) is 0 Å². The molecule has 0 bridgehead atoms. The molecule has 110 valence electrons. The monoisotopic (exact) mass is 302 g/mol. The summed E-state index contributed by atoms with van der Waals surface area (Å²) < 4.78 is 0. The lowest BCUT2D eigenvalue weighted by atomic mass is 10.0. The molecule has 0 spiro atoms. The molecule has 0 fully saturated rings. The van der Waals surface area contributed by atoms with Crippen LogP contribution in [-0.4, -0.2) is 8.07 Å². The van der Waals surface area contributed by atoms with Gasteiger partial charge in [-0.3, -0.25) is 0 Å². The van der Waals surface area contributed by atoms with E-state index >= 15 is 0 Å². The highest BCUT2D eigenvalue weighted by Gasteiger charge is 2.20. The smallest absolute Gasteiger partial charge is 0.0843 e. The summed E-state index contributed by atoms with van der Waals surface area (Å²) in [6.45, 7) is 4.88. The van der Waals surface area contributed by atoms with Crippen LogP contribution in [0.3, 0.4) is 0 Å². The van der Waals surface area contributed by atoms with E-state index in [0.29, 0.717) is 0 Å². The molecule has 0 aliphatic carbocycles. The number of hydrogen-bond donors (Lipinski definition) is 0.